The molecule has 0 atom stereocenters. The van der Waals surface area contributed by atoms with E-state index < -0.39 is 6.50 Å². The van der Waals surface area contributed by atoms with Gasteiger partial charge in [-0.25, -0.2) is 0 Å². The minimum atomic E-state index is -1.56. The van der Waals surface area contributed by atoms with E-state index >= 15 is 0 Å². The Hall–Kier alpha value is -2.76. The summed E-state index contributed by atoms with van der Waals surface area (Å²) >= 11 is 0. The first-order valence-corrected chi connectivity index (χ1v) is 11.6. The Labute approximate surface area is 191 Å². The van der Waals surface area contributed by atoms with Crippen LogP contribution in [0.5, 0.6) is 0 Å². The van der Waals surface area contributed by atoms with Crippen molar-refractivity contribution in [3.63, 3.8) is 0 Å². The van der Waals surface area contributed by atoms with Crippen LogP contribution in [0.3, 0.4) is 0 Å². The smallest absolute Gasteiger partial charge is 0.248 e. The lowest BCUT2D eigenvalue weighted by atomic mass is 9.89. The largest absolute Gasteiger partial charge is 0.363 e. The molecule has 0 radical (unpaired) electrons. The van der Waals surface area contributed by atoms with Crippen molar-refractivity contribution in [2.75, 3.05) is 26.2 Å². The highest BCUT2D eigenvalue weighted by Gasteiger charge is 2.46. The number of rotatable bonds is 4. The van der Waals surface area contributed by atoms with Crippen molar-refractivity contribution >= 4 is 16.8 Å². The first-order chi connectivity index (χ1) is 16.4. The van der Waals surface area contributed by atoms with E-state index in [2.05, 4.69) is 23.2 Å². The quantitative estimate of drug-likeness (QED) is 0.622. The van der Waals surface area contributed by atoms with Crippen LogP contribution in [0.15, 0.2) is 60.8 Å². The summed E-state index contributed by atoms with van der Waals surface area (Å²) in [5, 5.41) is 1.11. The minimum Gasteiger partial charge on any atom is -0.363 e. The predicted molar refractivity (Wildman–Crippen MR) is 125 cm³/mol. The lowest BCUT2D eigenvalue weighted by molar-refractivity contribution is -0.172. The number of likely N-dealkylation sites (tertiary alicyclic amines) is 1. The van der Waals surface area contributed by atoms with Crippen molar-refractivity contribution in [2.24, 2.45) is 0 Å². The summed E-state index contributed by atoms with van der Waals surface area (Å²) in [6.07, 6.45) is 5.48. The number of carbonyl (C=O) groups is 1. The van der Waals surface area contributed by atoms with E-state index in [1.807, 2.05) is 46.2 Å². The van der Waals surface area contributed by atoms with E-state index in [9.17, 15) is 4.79 Å². The molecule has 2 aliphatic heterocycles. The van der Waals surface area contributed by atoms with E-state index in [1.54, 1.807) is 6.20 Å². The number of benzene rings is 2. The molecule has 0 N–H and O–H groups in total. The summed E-state index contributed by atoms with van der Waals surface area (Å²) in [5.41, 5.74) is 3.41. The fraction of sp³-hybridized carbons (Fsp3) is 0.407. The van der Waals surface area contributed by atoms with Crippen LogP contribution >= 0.6 is 0 Å². The molecule has 5 heteroatoms. The number of fused-ring (bicyclic) bond motifs is 1. The average Bonchev–Trinajstić information content (AvgIpc) is 3.71. The Morgan fingerprint density at radius 3 is 2.62 bits per heavy atom. The van der Waals surface area contributed by atoms with Gasteiger partial charge in [0.15, 0.2) is 0 Å². The number of piperidine rings is 1. The van der Waals surface area contributed by atoms with Crippen molar-refractivity contribution in [3.05, 3.63) is 66.4 Å². The van der Waals surface area contributed by atoms with Gasteiger partial charge in [-0.05, 0) is 54.5 Å². The summed E-state index contributed by atoms with van der Waals surface area (Å²) in [4.78, 5) is 20.6. The third-order valence-corrected chi connectivity index (χ3v) is 7.05. The normalized spacial score (nSPS) is 22.8. The zero-order valence-corrected chi connectivity index (χ0v) is 18.2. The fourth-order valence-corrected chi connectivity index (χ4v) is 4.96. The molecule has 2 aromatic carbocycles. The van der Waals surface area contributed by atoms with Crippen LogP contribution in [0.4, 0.5) is 0 Å². The summed E-state index contributed by atoms with van der Waals surface area (Å²) in [5.74, 6) is 0.105. The van der Waals surface area contributed by atoms with Crippen LogP contribution in [0, 0.1) is 0 Å². The van der Waals surface area contributed by atoms with E-state index in [1.165, 1.54) is 0 Å². The van der Waals surface area contributed by atoms with E-state index in [0.29, 0.717) is 31.2 Å². The van der Waals surface area contributed by atoms with Gasteiger partial charge in [0.1, 0.15) is 6.61 Å². The molecule has 1 amide bonds. The Morgan fingerprint density at radius 2 is 1.84 bits per heavy atom. The summed E-state index contributed by atoms with van der Waals surface area (Å²) in [6, 6.07) is 18.4. The summed E-state index contributed by atoms with van der Waals surface area (Å²) in [7, 11) is 0. The second-order valence-electron chi connectivity index (χ2n) is 9.31. The second-order valence-corrected chi connectivity index (χ2v) is 9.31. The van der Waals surface area contributed by atoms with Gasteiger partial charge in [0, 0.05) is 40.0 Å². The van der Waals surface area contributed by atoms with Gasteiger partial charge >= 0.3 is 0 Å². The molecule has 2 saturated heterocycles. The molecule has 0 unspecified atom stereocenters. The van der Waals surface area contributed by atoms with Gasteiger partial charge in [-0.2, -0.15) is 0 Å². The summed E-state index contributed by atoms with van der Waals surface area (Å²) in [6.45, 7) is 0.471. The first kappa shape index (κ1) is 17.8. The van der Waals surface area contributed by atoms with Crippen LogP contribution < -0.4 is 0 Å². The Kier molecular flexibility index (Phi) is 4.43. The topological polar surface area (TPSA) is 45.7 Å². The van der Waals surface area contributed by atoms with Crippen molar-refractivity contribution < 1.29 is 12.3 Å². The number of hydrogen-bond donors (Lipinski definition) is 0. The lowest BCUT2D eigenvalue weighted by Gasteiger charge is -2.47. The number of hydrogen-bond acceptors (Lipinski definition) is 4. The maximum absolute atomic E-state index is 12.2. The molecular formula is C27H29N3O2. The van der Waals surface area contributed by atoms with Gasteiger partial charge in [0.05, 0.1) is 17.7 Å². The zero-order chi connectivity index (χ0) is 23.3. The van der Waals surface area contributed by atoms with Gasteiger partial charge < -0.3 is 9.64 Å². The van der Waals surface area contributed by atoms with Gasteiger partial charge in [-0.3, -0.25) is 14.7 Å². The predicted octanol–water partition coefficient (Wildman–Crippen LogP) is 4.26. The van der Waals surface area contributed by atoms with Gasteiger partial charge in [-0.15, -0.1) is 0 Å². The molecule has 6 rings (SSSR count). The van der Waals surface area contributed by atoms with Crippen LogP contribution in [0.2, 0.25) is 0 Å². The lowest BCUT2D eigenvalue weighted by Crippen LogP contribution is -2.59. The van der Waals surface area contributed by atoms with Crippen molar-refractivity contribution in [1.29, 1.82) is 0 Å². The van der Waals surface area contributed by atoms with E-state index in [0.717, 1.165) is 47.7 Å². The first-order valence-electron chi connectivity index (χ1n) is 12.6. The molecule has 1 aliphatic carbocycles. The molecular weight excluding hydrogens is 398 g/mol. The molecule has 3 aliphatic rings. The molecule has 5 nitrogen and oxygen atoms in total. The average molecular weight is 430 g/mol. The molecule has 0 bridgehead atoms. The van der Waals surface area contributed by atoms with Crippen molar-refractivity contribution in [1.82, 2.24) is 14.8 Å². The Bertz CT molecular complexity index is 1220. The Morgan fingerprint density at radius 1 is 1.06 bits per heavy atom. The standard InChI is InChI=1S/C27H29N3O2/c31-26-18-32-27(19-30(26)24-9-10-24)11-14-29(15-12-27)17-20-3-5-21(6-4-20)23-8-7-22-2-1-13-28-25(22)16-23/h1-8,13,16,24H,9-12,14-15,17-19H2/i17D2. The highest BCUT2D eigenvalue weighted by Crippen LogP contribution is 2.36. The van der Waals surface area contributed by atoms with E-state index in [-0.39, 0.29) is 18.1 Å². The number of nitrogens with zero attached hydrogens (tertiary/aromatic N) is 3. The molecule has 3 heterocycles. The fourth-order valence-electron chi connectivity index (χ4n) is 4.96. The zero-order valence-electron chi connectivity index (χ0n) is 20.2. The molecule has 1 saturated carbocycles. The number of aromatic nitrogens is 1. The van der Waals surface area contributed by atoms with Crippen LogP contribution in [-0.2, 0) is 16.0 Å². The van der Waals surface area contributed by atoms with Crippen LogP contribution in [0.25, 0.3) is 22.0 Å². The van der Waals surface area contributed by atoms with Crippen molar-refractivity contribution in [3.8, 4) is 11.1 Å². The van der Waals surface area contributed by atoms with Gasteiger partial charge in [0.25, 0.3) is 0 Å². The molecule has 3 aromatic rings. The maximum atomic E-state index is 12.2. The molecule has 164 valence electrons. The maximum Gasteiger partial charge on any atom is 0.248 e. The van der Waals surface area contributed by atoms with Gasteiger partial charge in [0.2, 0.25) is 5.91 Å². The molecule has 3 fully saturated rings. The number of ether oxygens (including phenoxy) is 1. The molecule has 32 heavy (non-hydrogen) atoms. The molecule has 1 aromatic heterocycles. The van der Waals surface area contributed by atoms with E-state index in [4.69, 9.17) is 7.48 Å². The third kappa shape index (κ3) is 3.91. The Balaban J connectivity index is 1.15. The van der Waals surface area contributed by atoms with Crippen molar-refractivity contribution in [2.45, 2.75) is 43.8 Å². The number of morpholine rings is 1. The third-order valence-electron chi connectivity index (χ3n) is 7.05. The number of carbonyl (C=O) groups excluding carboxylic acids is 1. The minimum absolute atomic E-state index is 0.105. The number of pyridine rings is 1. The summed E-state index contributed by atoms with van der Waals surface area (Å²) < 4.78 is 23.8. The highest BCUT2D eigenvalue weighted by molar-refractivity contribution is 5.84. The second kappa shape index (κ2) is 7.98. The van der Waals surface area contributed by atoms with Gasteiger partial charge in [-0.1, -0.05) is 42.5 Å². The highest BCUT2D eigenvalue weighted by atomic mass is 16.5. The number of amides is 1. The van der Waals surface area contributed by atoms with Crippen LogP contribution in [0.1, 0.15) is 34.0 Å². The monoisotopic (exact) mass is 429 g/mol. The molecule has 1 spiro atoms. The SMILES string of the molecule is [2H]C([2H])(c1ccc(-c2ccc3cccnc3c2)cc1)N1CCC2(CC1)CN(C1CC1)C(=O)CO2. The van der Waals surface area contributed by atoms with Crippen LogP contribution in [-0.4, -0.2) is 58.6 Å².